The number of hydrogen-bond acceptors (Lipinski definition) is 4. The molecule has 1 aliphatic heterocycles. The first kappa shape index (κ1) is 16.3. The Kier molecular flexibility index (Phi) is 4.78. The number of pyridine rings is 1. The molecule has 2 aromatic heterocycles. The summed E-state index contributed by atoms with van der Waals surface area (Å²) in [6.07, 6.45) is 7.77. The van der Waals surface area contributed by atoms with Crippen molar-refractivity contribution in [2.24, 2.45) is 5.92 Å². The van der Waals surface area contributed by atoms with Crippen LogP contribution in [0.4, 0.5) is 0 Å². The normalized spacial score (nSPS) is 20.2. The Balaban J connectivity index is 1.39. The number of fused-ring (bicyclic) bond motifs is 1. The topological polar surface area (TPSA) is 60.2 Å². The summed E-state index contributed by atoms with van der Waals surface area (Å²) in [6, 6.07) is 7.75. The largest absolute Gasteiger partial charge is 0.379 e. The number of rotatable bonds is 6. The molecule has 0 radical (unpaired) electrons. The minimum absolute atomic E-state index is 0.0894. The standard InChI is InChI=1S/C19H24N4O2/c24-19(10-16-6-1-2-8-20-16)22-11-17-7-9-21-23(17)18(12-22)14-25-13-15-4-3-5-15/h1-2,6-9,15,18H,3-5,10-14H2. The Morgan fingerprint density at radius 2 is 2.12 bits per heavy atom. The van der Waals surface area contributed by atoms with Gasteiger partial charge in [-0.15, -0.1) is 0 Å². The van der Waals surface area contributed by atoms with Crippen molar-refractivity contribution in [2.75, 3.05) is 19.8 Å². The highest BCUT2D eigenvalue weighted by Gasteiger charge is 2.29. The van der Waals surface area contributed by atoms with Crippen LogP contribution >= 0.6 is 0 Å². The molecule has 1 aliphatic carbocycles. The summed E-state index contributed by atoms with van der Waals surface area (Å²) in [5.41, 5.74) is 1.88. The van der Waals surface area contributed by atoms with E-state index < -0.39 is 0 Å². The van der Waals surface area contributed by atoms with Gasteiger partial charge in [-0.25, -0.2) is 0 Å². The lowest BCUT2D eigenvalue weighted by Gasteiger charge is -2.34. The van der Waals surface area contributed by atoms with Crippen LogP contribution in [-0.4, -0.2) is 45.3 Å². The zero-order chi connectivity index (χ0) is 17.1. The van der Waals surface area contributed by atoms with Gasteiger partial charge in [0.25, 0.3) is 0 Å². The van der Waals surface area contributed by atoms with Crippen molar-refractivity contribution < 1.29 is 9.53 Å². The van der Waals surface area contributed by atoms with Gasteiger partial charge >= 0.3 is 0 Å². The summed E-state index contributed by atoms with van der Waals surface area (Å²) in [4.78, 5) is 18.9. The Morgan fingerprint density at radius 1 is 1.20 bits per heavy atom. The van der Waals surface area contributed by atoms with E-state index in [1.807, 2.05) is 33.8 Å². The zero-order valence-corrected chi connectivity index (χ0v) is 14.4. The molecule has 0 spiro atoms. The fourth-order valence-corrected chi connectivity index (χ4v) is 3.50. The van der Waals surface area contributed by atoms with Gasteiger partial charge in [-0.1, -0.05) is 12.5 Å². The smallest absolute Gasteiger partial charge is 0.229 e. The molecule has 2 aromatic rings. The first-order chi connectivity index (χ1) is 12.3. The fourth-order valence-electron chi connectivity index (χ4n) is 3.50. The van der Waals surface area contributed by atoms with Gasteiger partial charge in [-0.05, 0) is 37.0 Å². The van der Waals surface area contributed by atoms with Crippen molar-refractivity contribution in [3.8, 4) is 0 Å². The Morgan fingerprint density at radius 3 is 2.88 bits per heavy atom. The van der Waals surface area contributed by atoms with Crippen LogP contribution in [-0.2, 0) is 22.5 Å². The van der Waals surface area contributed by atoms with E-state index >= 15 is 0 Å². The minimum Gasteiger partial charge on any atom is -0.379 e. The first-order valence-corrected chi connectivity index (χ1v) is 9.07. The highest BCUT2D eigenvalue weighted by Crippen LogP contribution is 2.27. The van der Waals surface area contributed by atoms with E-state index in [9.17, 15) is 4.79 Å². The second kappa shape index (κ2) is 7.35. The van der Waals surface area contributed by atoms with Crippen LogP contribution < -0.4 is 0 Å². The zero-order valence-electron chi connectivity index (χ0n) is 14.4. The molecule has 0 N–H and O–H groups in total. The third-order valence-corrected chi connectivity index (χ3v) is 5.18. The van der Waals surface area contributed by atoms with Gasteiger partial charge in [0.05, 0.1) is 31.3 Å². The number of ether oxygens (including phenoxy) is 1. The van der Waals surface area contributed by atoms with Gasteiger partial charge in [0.1, 0.15) is 0 Å². The van der Waals surface area contributed by atoms with E-state index in [-0.39, 0.29) is 11.9 Å². The van der Waals surface area contributed by atoms with E-state index in [0.717, 1.165) is 23.9 Å². The molecule has 0 bridgehead atoms. The maximum atomic E-state index is 12.7. The molecule has 6 heteroatoms. The van der Waals surface area contributed by atoms with Crippen LogP contribution in [0.5, 0.6) is 0 Å². The van der Waals surface area contributed by atoms with Crippen LogP contribution in [0.1, 0.15) is 36.7 Å². The van der Waals surface area contributed by atoms with E-state index in [4.69, 9.17) is 4.74 Å². The van der Waals surface area contributed by atoms with Gasteiger partial charge in [-0.3, -0.25) is 14.5 Å². The maximum Gasteiger partial charge on any atom is 0.229 e. The van der Waals surface area contributed by atoms with Crippen molar-refractivity contribution >= 4 is 5.91 Å². The predicted octanol–water partition coefficient (Wildman–Crippen LogP) is 2.22. The van der Waals surface area contributed by atoms with Gasteiger partial charge in [-0.2, -0.15) is 5.10 Å². The molecule has 1 saturated carbocycles. The van der Waals surface area contributed by atoms with Crippen LogP contribution in [0.2, 0.25) is 0 Å². The lowest BCUT2D eigenvalue weighted by atomic mass is 9.86. The maximum absolute atomic E-state index is 12.7. The van der Waals surface area contributed by atoms with Crippen LogP contribution in [0, 0.1) is 5.92 Å². The van der Waals surface area contributed by atoms with Crippen molar-refractivity contribution in [2.45, 2.75) is 38.3 Å². The van der Waals surface area contributed by atoms with Crippen LogP contribution in [0.15, 0.2) is 36.7 Å². The van der Waals surface area contributed by atoms with Gasteiger partial charge in [0.15, 0.2) is 0 Å². The Hall–Kier alpha value is -2.21. The number of aromatic nitrogens is 3. The van der Waals surface area contributed by atoms with Gasteiger partial charge in [0.2, 0.25) is 5.91 Å². The molecule has 1 unspecified atom stereocenters. The first-order valence-electron chi connectivity index (χ1n) is 9.07. The number of carbonyl (C=O) groups is 1. The Labute approximate surface area is 147 Å². The molecule has 0 saturated heterocycles. The average molecular weight is 340 g/mol. The molecule has 0 aromatic carbocycles. The number of carbonyl (C=O) groups excluding carboxylic acids is 1. The quantitative estimate of drug-likeness (QED) is 0.809. The molecule has 1 atom stereocenters. The molecule has 3 heterocycles. The van der Waals surface area contributed by atoms with E-state index in [1.165, 1.54) is 19.3 Å². The van der Waals surface area contributed by atoms with E-state index in [1.54, 1.807) is 12.4 Å². The van der Waals surface area contributed by atoms with Gasteiger partial charge < -0.3 is 9.64 Å². The van der Waals surface area contributed by atoms with E-state index in [2.05, 4.69) is 10.1 Å². The average Bonchev–Trinajstić information content (AvgIpc) is 3.06. The van der Waals surface area contributed by atoms with Crippen molar-refractivity contribution in [1.29, 1.82) is 0 Å². The molecule has 25 heavy (non-hydrogen) atoms. The molecular formula is C19H24N4O2. The van der Waals surface area contributed by atoms with Gasteiger partial charge in [0, 0.05) is 31.2 Å². The summed E-state index contributed by atoms with van der Waals surface area (Å²) < 4.78 is 7.96. The third kappa shape index (κ3) is 3.74. The highest BCUT2D eigenvalue weighted by molar-refractivity contribution is 5.78. The molecule has 4 rings (SSSR count). The van der Waals surface area contributed by atoms with Crippen molar-refractivity contribution in [1.82, 2.24) is 19.7 Å². The fraction of sp³-hybridized carbons (Fsp3) is 0.526. The predicted molar refractivity (Wildman–Crippen MR) is 92.8 cm³/mol. The van der Waals surface area contributed by atoms with E-state index in [0.29, 0.717) is 26.1 Å². The third-order valence-electron chi connectivity index (χ3n) is 5.18. The summed E-state index contributed by atoms with van der Waals surface area (Å²) in [5, 5.41) is 4.43. The SMILES string of the molecule is O=C(Cc1ccccn1)N1Cc2ccnn2C(COCC2CCC2)C1. The summed E-state index contributed by atoms with van der Waals surface area (Å²) >= 11 is 0. The van der Waals surface area contributed by atoms with Crippen molar-refractivity contribution in [3.05, 3.63) is 48.0 Å². The van der Waals surface area contributed by atoms with Crippen LogP contribution in [0.3, 0.4) is 0 Å². The number of amides is 1. The molecule has 132 valence electrons. The highest BCUT2D eigenvalue weighted by atomic mass is 16.5. The monoisotopic (exact) mass is 340 g/mol. The Bertz CT molecular complexity index is 711. The minimum atomic E-state index is 0.0894. The molecule has 6 nitrogen and oxygen atoms in total. The number of hydrogen-bond donors (Lipinski definition) is 0. The summed E-state index contributed by atoms with van der Waals surface area (Å²) in [7, 11) is 0. The summed E-state index contributed by atoms with van der Waals surface area (Å²) in [5.74, 6) is 0.831. The second-order valence-corrected chi connectivity index (χ2v) is 7.03. The molecule has 1 amide bonds. The lowest BCUT2D eigenvalue weighted by Crippen LogP contribution is -2.43. The number of nitrogens with zero attached hydrogens (tertiary/aromatic N) is 4. The summed E-state index contributed by atoms with van der Waals surface area (Å²) in [6.45, 7) is 2.68. The van der Waals surface area contributed by atoms with Crippen molar-refractivity contribution in [3.63, 3.8) is 0 Å². The van der Waals surface area contributed by atoms with Crippen LogP contribution in [0.25, 0.3) is 0 Å². The molecule has 1 fully saturated rings. The molecule has 2 aliphatic rings. The second-order valence-electron chi connectivity index (χ2n) is 7.03. The molecular weight excluding hydrogens is 316 g/mol. The lowest BCUT2D eigenvalue weighted by molar-refractivity contribution is -0.133.